The Kier molecular flexibility index (Phi) is 7.86. The van der Waals surface area contributed by atoms with Crippen molar-refractivity contribution in [3.05, 3.63) is 106 Å². The van der Waals surface area contributed by atoms with E-state index in [0.29, 0.717) is 38.8 Å². The van der Waals surface area contributed by atoms with Crippen LogP contribution in [0.15, 0.2) is 78.9 Å². The van der Waals surface area contributed by atoms with Crippen LogP contribution < -0.4 is 10.5 Å². The number of ether oxygens (including phenoxy) is 1. The number of hydrogen-bond acceptors (Lipinski definition) is 4. The molecule has 9 heteroatoms. The van der Waals surface area contributed by atoms with Gasteiger partial charge in [-0.2, -0.15) is 0 Å². The van der Waals surface area contributed by atoms with Crippen molar-refractivity contribution in [2.24, 2.45) is 5.73 Å². The molecule has 7 nitrogen and oxygen atoms in total. The van der Waals surface area contributed by atoms with Crippen LogP contribution in [0.25, 0.3) is 33.5 Å². The zero-order chi connectivity index (χ0) is 30.1. The second kappa shape index (κ2) is 11.9. The summed E-state index contributed by atoms with van der Waals surface area (Å²) in [5, 5.41) is 10.1. The van der Waals surface area contributed by atoms with E-state index in [9.17, 15) is 14.7 Å². The second-order valence-electron chi connectivity index (χ2n) is 10.8. The second-order valence-corrected chi connectivity index (χ2v) is 11.2. The van der Waals surface area contributed by atoms with Crippen LogP contribution in [0.5, 0.6) is 5.75 Å². The van der Waals surface area contributed by atoms with Crippen LogP contribution in [-0.2, 0) is 6.61 Å². The van der Waals surface area contributed by atoms with E-state index < -0.39 is 17.7 Å². The summed E-state index contributed by atoms with van der Waals surface area (Å²) in [6.07, 6.45) is 5.19. The number of primary amides is 1. The minimum absolute atomic E-state index is 0.0659. The van der Waals surface area contributed by atoms with Crippen molar-refractivity contribution < 1.29 is 23.8 Å². The monoisotopic (exact) mass is 597 g/mol. The lowest BCUT2D eigenvalue weighted by molar-refractivity contribution is 0.0696. The zero-order valence-corrected chi connectivity index (χ0v) is 24.0. The first-order valence-electron chi connectivity index (χ1n) is 14.1. The van der Waals surface area contributed by atoms with Gasteiger partial charge in [0.1, 0.15) is 24.0 Å². The fourth-order valence-electron chi connectivity index (χ4n) is 5.84. The quantitative estimate of drug-likeness (QED) is 0.188. The maximum Gasteiger partial charge on any atom is 0.335 e. The van der Waals surface area contributed by atoms with Gasteiger partial charge in [-0.05, 0) is 84.1 Å². The largest absolute Gasteiger partial charge is 0.489 e. The maximum atomic E-state index is 15.8. The number of carboxylic acids is 1. The molecule has 1 aromatic heterocycles. The van der Waals surface area contributed by atoms with Crippen molar-refractivity contribution in [3.63, 3.8) is 0 Å². The van der Waals surface area contributed by atoms with Crippen molar-refractivity contribution in [3.8, 4) is 28.3 Å². The van der Waals surface area contributed by atoms with Gasteiger partial charge in [0.05, 0.1) is 22.2 Å². The predicted octanol–water partition coefficient (Wildman–Crippen LogP) is 8.04. The lowest BCUT2D eigenvalue weighted by Crippen LogP contribution is -2.14. The maximum absolute atomic E-state index is 15.8. The van der Waals surface area contributed by atoms with Gasteiger partial charge in [-0.1, -0.05) is 49.1 Å². The van der Waals surface area contributed by atoms with Gasteiger partial charge in [0.25, 0.3) is 0 Å². The summed E-state index contributed by atoms with van der Waals surface area (Å²) in [6, 6.07) is 22.1. The molecule has 6 rings (SSSR count). The van der Waals surface area contributed by atoms with Gasteiger partial charge in [0.15, 0.2) is 0 Å². The van der Waals surface area contributed by atoms with Crippen LogP contribution in [0.3, 0.4) is 0 Å². The number of benzene rings is 4. The van der Waals surface area contributed by atoms with Gasteiger partial charge in [0.2, 0.25) is 5.91 Å². The number of carbonyl (C=O) groups is 2. The van der Waals surface area contributed by atoms with E-state index >= 15 is 4.39 Å². The van der Waals surface area contributed by atoms with Crippen LogP contribution >= 0.6 is 11.6 Å². The first kappa shape index (κ1) is 28.4. The number of nitrogens with zero attached hydrogens (tertiary/aromatic N) is 2. The van der Waals surface area contributed by atoms with Gasteiger partial charge in [0, 0.05) is 22.7 Å². The molecule has 0 atom stereocenters. The van der Waals surface area contributed by atoms with E-state index in [1.165, 1.54) is 12.1 Å². The summed E-state index contributed by atoms with van der Waals surface area (Å²) in [7, 11) is 0. The number of rotatable bonds is 8. The van der Waals surface area contributed by atoms with Crippen molar-refractivity contribution in [1.29, 1.82) is 0 Å². The molecule has 4 aromatic carbocycles. The van der Waals surface area contributed by atoms with E-state index in [0.717, 1.165) is 48.7 Å². The minimum Gasteiger partial charge on any atom is -0.489 e. The van der Waals surface area contributed by atoms with Crippen LogP contribution in [0.4, 0.5) is 4.39 Å². The highest BCUT2D eigenvalue weighted by atomic mass is 35.5. The standard InChI is InChI=1S/C34H29ClFN3O4/c35-24-10-6-20(7-11-24)27-13-8-21(32(37)40)16-23(27)19-43-26-12-14-28(29(36)18-26)33-38-30-17-22(34(41)42)9-15-31(30)39(33)25-4-2-1-3-5-25/h6-18,25H,1-5,19H2,(H2,37,40)(H,41,42). The Morgan fingerprint density at radius 2 is 1.65 bits per heavy atom. The van der Waals surface area contributed by atoms with E-state index in [-0.39, 0.29) is 18.2 Å². The number of carboxylic acid groups (broad SMARTS) is 1. The fraction of sp³-hybridized carbons (Fsp3) is 0.206. The minimum atomic E-state index is -1.04. The van der Waals surface area contributed by atoms with Crippen molar-refractivity contribution in [2.45, 2.75) is 44.8 Å². The average molecular weight is 598 g/mol. The van der Waals surface area contributed by atoms with E-state index in [1.54, 1.807) is 54.6 Å². The smallest absolute Gasteiger partial charge is 0.335 e. The molecule has 0 spiro atoms. The molecule has 3 N–H and O–H groups in total. The van der Waals surface area contributed by atoms with Crippen LogP contribution in [0, 0.1) is 5.82 Å². The normalized spacial score (nSPS) is 13.7. The predicted molar refractivity (Wildman–Crippen MR) is 164 cm³/mol. The van der Waals surface area contributed by atoms with E-state index in [4.69, 9.17) is 27.1 Å². The molecule has 5 aromatic rings. The van der Waals surface area contributed by atoms with Gasteiger partial charge >= 0.3 is 5.97 Å². The van der Waals surface area contributed by atoms with Gasteiger partial charge in [-0.15, -0.1) is 0 Å². The highest BCUT2D eigenvalue weighted by molar-refractivity contribution is 6.30. The SMILES string of the molecule is NC(=O)c1ccc(-c2ccc(Cl)cc2)c(COc2ccc(-c3nc4cc(C(=O)O)ccc4n3C3CCCCC3)c(F)c2)c1. The molecule has 1 fully saturated rings. The summed E-state index contributed by atoms with van der Waals surface area (Å²) in [4.78, 5) is 28.2. The molecule has 0 aliphatic heterocycles. The number of aromatic carboxylic acids is 1. The van der Waals surface area contributed by atoms with Crippen molar-refractivity contribution in [2.75, 3.05) is 0 Å². The molecule has 1 amide bonds. The average Bonchev–Trinajstić information content (AvgIpc) is 3.39. The van der Waals surface area contributed by atoms with Gasteiger partial charge < -0.3 is 20.1 Å². The summed E-state index contributed by atoms with van der Waals surface area (Å²) in [6.45, 7) is 0.0659. The summed E-state index contributed by atoms with van der Waals surface area (Å²) in [5.74, 6) is -1.33. The molecule has 0 bridgehead atoms. The first-order chi connectivity index (χ1) is 20.8. The van der Waals surface area contributed by atoms with E-state index in [1.807, 2.05) is 12.1 Å². The Bertz CT molecular complexity index is 1850. The lowest BCUT2D eigenvalue weighted by atomic mass is 9.94. The molecule has 1 saturated carbocycles. The molecule has 218 valence electrons. The molecule has 0 radical (unpaired) electrons. The van der Waals surface area contributed by atoms with Crippen molar-refractivity contribution >= 4 is 34.5 Å². The third kappa shape index (κ3) is 5.83. The first-order valence-corrected chi connectivity index (χ1v) is 14.5. The Morgan fingerprint density at radius 3 is 2.35 bits per heavy atom. The van der Waals surface area contributed by atoms with Crippen LogP contribution in [-0.4, -0.2) is 26.5 Å². The fourth-order valence-corrected chi connectivity index (χ4v) is 5.96. The number of aromatic nitrogens is 2. The molecule has 43 heavy (non-hydrogen) atoms. The topological polar surface area (TPSA) is 107 Å². The molecule has 0 unspecified atom stereocenters. The van der Waals surface area contributed by atoms with Gasteiger partial charge in [-0.3, -0.25) is 4.79 Å². The molecular weight excluding hydrogens is 569 g/mol. The van der Waals surface area contributed by atoms with Gasteiger partial charge in [-0.25, -0.2) is 14.2 Å². The Labute approximate surface area is 252 Å². The highest BCUT2D eigenvalue weighted by Gasteiger charge is 2.24. The number of nitrogens with two attached hydrogens (primary N) is 1. The lowest BCUT2D eigenvalue weighted by Gasteiger charge is -2.25. The third-order valence-corrected chi connectivity index (χ3v) is 8.25. The number of fused-ring (bicyclic) bond motifs is 1. The molecule has 1 aliphatic carbocycles. The number of amides is 1. The van der Waals surface area contributed by atoms with E-state index in [2.05, 4.69) is 4.57 Å². The Morgan fingerprint density at radius 1 is 0.930 bits per heavy atom. The summed E-state index contributed by atoms with van der Waals surface area (Å²) >= 11 is 6.06. The summed E-state index contributed by atoms with van der Waals surface area (Å²) in [5.41, 5.74) is 10.0. The highest BCUT2D eigenvalue weighted by Crippen LogP contribution is 2.38. The van der Waals surface area contributed by atoms with Crippen LogP contribution in [0.2, 0.25) is 5.02 Å². The molecule has 1 heterocycles. The number of hydrogen-bond donors (Lipinski definition) is 2. The Hall–Kier alpha value is -4.69. The Balaban J connectivity index is 1.33. The number of imidazole rings is 1. The van der Waals surface area contributed by atoms with Crippen LogP contribution in [0.1, 0.15) is 64.4 Å². The van der Waals surface area contributed by atoms with Crippen molar-refractivity contribution in [1.82, 2.24) is 9.55 Å². The third-order valence-electron chi connectivity index (χ3n) is 8.00. The molecular formula is C34H29ClFN3O4. The number of halogens is 2. The molecule has 1 aliphatic rings. The number of carbonyl (C=O) groups excluding carboxylic acids is 1. The summed E-state index contributed by atoms with van der Waals surface area (Å²) < 4.78 is 23.9. The zero-order valence-electron chi connectivity index (χ0n) is 23.2. The molecule has 0 saturated heterocycles.